The van der Waals surface area contributed by atoms with Gasteiger partial charge in [-0.1, -0.05) is 32.0 Å². The normalized spacial score (nSPS) is 23.3. The van der Waals surface area contributed by atoms with Crippen LogP contribution >= 0.6 is 0 Å². The summed E-state index contributed by atoms with van der Waals surface area (Å²) in [5.41, 5.74) is 0.893. The molecule has 1 spiro atoms. The number of rotatable bonds is 5. The van der Waals surface area contributed by atoms with Crippen molar-refractivity contribution in [2.75, 3.05) is 13.1 Å². The third-order valence-corrected chi connectivity index (χ3v) is 6.82. The fourth-order valence-corrected chi connectivity index (χ4v) is 4.94. The SMILES string of the molecule is CC(C)CC(=O)N1CCC2(CC1)C[C@@H](CC(=O)NC1CCC1)c1ccccc1O2. The minimum absolute atomic E-state index is 0.163. The summed E-state index contributed by atoms with van der Waals surface area (Å²) in [6.07, 6.45) is 7.11. The van der Waals surface area contributed by atoms with Gasteiger partial charge in [-0.25, -0.2) is 0 Å². The van der Waals surface area contributed by atoms with Crippen molar-refractivity contribution >= 4 is 11.8 Å². The molecule has 1 aliphatic carbocycles. The first-order valence-corrected chi connectivity index (χ1v) is 11.3. The Balaban J connectivity index is 1.44. The Morgan fingerprint density at radius 1 is 1.21 bits per heavy atom. The quantitative estimate of drug-likeness (QED) is 0.815. The van der Waals surface area contributed by atoms with Gasteiger partial charge in [0.05, 0.1) is 0 Å². The summed E-state index contributed by atoms with van der Waals surface area (Å²) in [6.45, 7) is 5.66. The van der Waals surface area contributed by atoms with Crippen LogP contribution in [0.15, 0.2) is 24.3 Å². The maximum atomic E-state index is 12.6. The predicted octanol–water partition coefficient (Wildman–Crippen LogP) is 4.02. The molecule has 2 fully saturated rings. The van der Waals surface area contributed by atoms with Gasteiger partial charge in [0.1, 0.15) is 11.4 Å². The summed E-state index contributed by atoms with van der Waals surface area (Å²) in [7, 11) is 0. The van der Waals surface area contributed by atoms with Gasteiger partial charge in [0.2, 0.25) is 11.8 Å². The molecule has 158 valence electrons. The van der Waals surface area contributed by atoms with Crippen LogP contribution in [0.1, 0.15) is 76.7 Å². The van der Waals surface area contributed by atoms with Crippen molar-refractivity contribution in [1.82, 2.24) is 10.2 Å². The van der Waals surface area contributed by atoms with Crippen molar-refractivity contribution < 1.29 is 14.3 Å². The topological polar surface area (TPSA) is 58.6 Å². The predicted molar refractivity (Wildman–Crippen MR) is 113 cm³/mol. The second kappa shape index (κ2) is 8.37. The van der Waals surface area contributed by atoms with E-state index in [0.29, 0.717) is 24.8 Å². The minimum atomic E-state index is -0.260. The Hall–Kier alpha value is -2.04. The van der Waals surface area contributed by atoms with Crippen molar-refractivity contribution in [3.63, 3.8) is 0 Å². The third kappa shape index (κ3) is 4.59. The van der Waals surface area contributed by atoms with E-state index in [1.165, 1.54) is 6.42 Å². The number of amides is 2. The number of carbonyl (C=O) groups is 2. The monoisotopic (exact) mass is 398 g/mol. The van der Waals surface area contributed by atoms with Gasteiger partial charge in [-0.15, -0.1) is 0 Å². The highest BCUT2D eigenvalue weighted by Crippen LogP contribution is 2.46. The summed E-state index contributed by atoms with van der Waals surface area (Å²) < 4.78 is 6.53. The molecule has 2 amide bonds. The number of hydrogen-bond donors (Lipinski definition) is 1. The molecule has 1 aromatic rings. The first-order valence-electron chi connectivity index (χ1n) is 11.3. The molecule has 1 N–H and O–H groups in total. The van der Waals surface area contributed by atoms with E-state index in [1.54, 1.807) is 0 Å². The van der Waals surface area contributed by atoms with Crippen LogP contribution in [0.25, 0.3) is 0 Å². The summed E-state index contributed by atoms with van der Waals surface area (Å²) >= 11 is 0. The van der Waals surface area contributed by atoms with E-state index < -0.39 is 0 Å². The number of carbonyl (C=O) groups excluding carboxylic acids is 2. The number of ether oxygens (including phenoxy) is 1. The summed E-state index contributed by atoms with van der Waals surface area (Å²) in [5.74, 6) is 1.90. The average molecular weight is 399 g/mol. The van der Waals surface area contributed by atoms with Crippen molar-refractivity contribution in [2.45, 2.75) is 82.8 Å². The highest BCUT2D eigenvalue weighted by Gasteiger charge is 2.44. The Labute approximate surface area is 174 Å². The van der Waals surface area contributed by atoms with E-state index in [-0.39, 0.29) is 23.3 Å². The van der Waals surface area contributed by atoms with Crippen LogP contribution in [-0.2, 0) is 9.59 Å². The highest BCUT2D eigenvalue weighted by molar-refractivity contribution is 5.78. The minimum Gasteiger partial charge on any atom is -0.487 e. The fraction of sp³-hybridized carbons (Fsp3) is 0.667. The van der Waals surface area contributed by atoms with Gasteiger partial charge >= 0.3 is 0 Å². The van der Waals surface area contributed by atoms with Crippen molar-refractivity contribution in [3.05, 3.63) is 29.8 Å². The summed E-state index contributed by atoms with van der Waals surface area (Å²) in [6, 6.07) is 8.55. The maximum Gasteiger partial charge on any atom is 0.222 e. The van der Waals surface area contributed by atoms with E-state index in [9.17, 15) is 9.59 Å². The van der Waals surface area contributed by atoms with Gasteiger partial charge in [0, 0.05) is 50.7 Å². The zero-order chi connectivity index (χ0) is 20.4. The van der Waals surface area contributed by atoms with Crippen LogP contribution in [0.5, 0.6) is 5.75 Å². The Kier molecular flexibility index (Phi) is 5.84. The number of benzene rings is 1. The smallest absolute Gasteiger partial charge is 0.222 e. The third-order valence-electron chi connectivity index (χ3n) is 6.82. The second-order valence-electron chi connectivity index (χ2n) is 9.60. The van der Waals surface area contributed by atoms with E-state index >= 15 is 0 Å². The first kappa shape index (κ1) is 20.2. The molecule has 29 heavy (non-hydrogen) atoms. The molecule has 0 bridgehead atoms. The molecular formula is C24H34N2O3. The largest absolute Gasteiger partial charge is 0.487 e. The number of fused-ring (bicyclic) bond motifs is 1. The molecule has 1 aromatic carbocycles. The number of nitrogens with zero attached hydrogens (tertiary/aromatic N) is 1. The molecule has 1 atom stereocenters. The highest BCUT2D eigenvalue weighted by atomic mass is 16.5. The van der Waals surface area contributed by atoms with Crippen LogP contribution in [0.3, 0.4) is 0 Å². The van der Waals surface area contributed by atoms with E-state index in [1.807, 2.05) is 23.1 Å². The number of piperidine rings is 1. The average Bonchev–Trinajstić information content (AvgIpc) is 2.65. The molecular weight excluding hydrogens is 364 g/mol. The molecule has 0 unspecified atom stereocenters. The lowest BCUT2D eigenvalue weighted by molar-refractivity contribution is -0.136. The molecule has 5 heteroatoms. The van der Waals surface area contributed by atoms with Gasteiger partial charge in [-0.3, -0.25) is 9.59 Å². The first-order chi connectivity index (χ1) is 13.9. The number of likely N-dealkylation sites (tertiary alicyclic amines) is 1. The van der Waals surface area contributed by atoms with Crippen LogP contribution in [0.4, 0.5) is 0 Å². The number of para-hydroxylation sites is 1. The Bertz CT molecular complexity index is 748. The van der Waals surface area contributed by atoms with Gasteiger partial charge < -0.3 is 15.0 Å². The molecule has 1 saturated heterocycles. The van der Waals surface area contributed by atoms with E-state index in [2.05, 4.69) is 25.2 Å². The lowest BCUT2D eigenvalue weighted by atomic mass is 9.76. The number of hydrogen-bond acceptors (Lipinski definition) is 3. The van der Waals surface area contributed by atoms with Crippen LogP contribution in [-0.4, -0.2) is 41.4 Å². The van der Waals surface area contributed by atoms with Crippen LogP contribution in [0, 0.1) is 5.92 Å². The number of nitrogens with one attached hydrogen (secondary N) is 1. The molecule has 5 nitrogen and oxygen atoms in total. The van der Waals surface area contributed by atoms with Crippen LogP contribution in [0.2, 0.25) is 0 Å². The molecule has 0 aromatic heterocycles. The van der Waals surface area contributed by atoms with Crippen LogP contribution < -0.4 is 10.1 Å². The van der Waals surface area contributed by atoms with E-state index in [4.69, 9.17) is 4.74 Å². The van der Waals surface area contributed by atoms with Crippen molar-refractivity contribution in [1.29, 1.82) is 0 Å². The summed E-state index contributed by atoms with van der Waals surface area (Å²) in [4.78, 5) is 27.1. The molecule has 1 saturated carbocycles. The fourth-order valence-electron chi connectivity index (χ4n) is 4.94. The lowest BCUT2D eigenvalue weighted by Gasteiger charge is -2.47. The van der Waals surface area contributed by atoms with Gasteiger partial charge in [-0.2, -0.15) is 0 Å². The summed E-state index contributed by atoms with van der Waals surface area (Å²) in [5, 5.41) is 3.19. The molecule has 4 rings (SSSR count). The zero-order valence-corrected chi connectivity index (χ0v) is 17.8. The molecule has 0 radical (unpaired) electrons. The molecule has 3 aliphatic rings. The van der Waals surface area contributed by atoms with Gasteiger partial charge in [0.15, 0.2) is 0 Å². The van der Waals surface area contributed by atoms with E-state index in [0.717, 1.165) is 56.5 Å². The zero-order valence-electron chi connectivity index (χ0n) is 17.8. The van der Waals surface area contributed by atoms with Gasteiger partial charge in [-0.05, 0) is 43.2 Å². The lowest BCUT2D eigenvalue weighted by Crippen LogP contribution is -2.52. The van der Waals surface area contributed by atoms with Crippen molar-refractivity contribution in [3.8, 4) is 5.75 Å². The Morgan fingerprint density at radius 2 is 1.93 bits per heavy atom. The van der Waals surface area contributed by atoms with Crippen molar-refractivity contribution in [2.24, 2.45) is 5.92 Å². The standard InChI is InChI=1S/C24H34N2O3/c1-17(2)14-23(28)26-12-10-24(11-13-26)16-18(15-22(27)25-19-6-5-7-19)20-8-3-4-9-21(20)29-24/h3-4,8-9,17-19H,5-7,10-16H2,1-2H3,(H,25,27)/t18-/m1/s1. The Morgan fingerprint density at radius 3 is 2.59 bits per heavy atom. The molecule has 2 heterocycles. The van der Waals surface area contributed by atoms with Gasteiger partial charge in [0.25, 0.3) is 0 Å². The maximum absolute atomic E-state index is 12.6. The molecule has 2 aliphatic heterocycles. The second-order valence-corrected chi connectivity index (χ2v) is 9.60.